The lowest BCUT2D eigenvalue weighted by Crippen LogP contribution is -2.22. The highest BCUT2D eigenvalue weighted by atomic mass is 35.7. The first-order valence-corrected chi connectivity index (χ1v) is 14.3. The number of aryl methyl sites for hydroxylation is 1. The Labute approximate surface area is 204 Å². The van der Waals surface area contributed by atoms with Gasteiger partial charge in [-0.15, -0.1) is 0 Å². The molecule has 2 heterocycles. The van der Waals surface area contributed by atoms with Gasteiger partial charge in [-0.2, -0.15) is 0 Å². The van der Waals surface area contributed by atoms with Crippen LogP contribution < -0.4 is 15.6 Å². The molecule has 33 heavy (non-hydrogen) atoms. The predicted octanol–water partition coefficient (Wildman–Crippen LogP) is 7.77. The molecule has 2 aromatic carbocycles. The summed E-state index contributed by atoms with van der Waals surface area (Å²) >= 11 is 0. The number of fused-ring (bicyclic) bond motifs is 4. The molecule has 0 spiro atoms. The average Bonchev–Trinajstić information content (AvgIpc) is 2.82. The Morgan fingerprint density at radius 3 is 2.52 bits per heavy atom. The molecular formula is C27H35ClN4S. The predicted molar refractivity (Wildman–Crippen MR) is 145 cm³/mol. The summed E-state index contributed by atoms with van der Waals surface area (Å²) in [6.07, 6.45) is 6.31. The lowest BCUT2D eigenvalue weighted by atomic mass is 10.1. The molecule has 6 heteroatoms. The van der Waals surface area contributed by atoms with Crippen LogP contribution in [0.15, 0.2) is 46.3 Å². The zero-order valence-corrected chi connectivity index (χ0v) is 21.8. The maximum Gasteiger partial charge on any atom is 0.0958 e. The van der Waals surface area contributed by atoms with Gasteiger partial charge in [0.25, 0.3) is 0 Å². The largest absolute Gasteiger partial charge is 0.383 e. The number of nitrogens with one attached hydrogen (secondary N) is 1. The molecule has 0 fully saturated rings. The van der Waals surface area contributed by atoms with Crippen LogP contribution in [0.2, 0.25) is 0 Å². The van der Waals surface area contributed by atoms with Crippen molar-refractivity contribution in [3.63, 3.8) is 0 Å². The third-order valence-electron chi connectivity index (χ3n) is 6.34. The van der Waals surface area contributed by atoms with Crippen LogP contribution in [0, 0.1) is 11.4 Å². The fourth-order valence-electron chi connectivity index (χ4n) is 4.46. The number of benzene rings is 2. The molecular weight excluding hydrogens is 448 g/mol. The average molecular weight is 483 g/mol. The smallest absolute Gasteiger partial charge is 0.0958 e. The maximum atomic E-state index is 7.16. The highest BCUT2D eigenvalue weighted by molar-refractivity contribution is 8.29. The number of hydrogen-bond donors (Lipinski definition) is 1. The molecule has 1 unspecified atom stereocenters. The highest BCUT2D eigenvalue weighted by Gasteiger charge is 2.19. The van der Waals surface area contributed by atoms with Gasteiger partial charge in [-0.25, -0.2) is 4.99 Å². The summed E-state index contributed by atoms with van der Waals surface area (Å²) in [6, 6.07) is 12.9. The molecule has 0 saturated carbocycles. The summed E-state index contributed by atoms with van der Waals surface area (Å²) in [5, 5.41) is 5.71. The van der Waals surface area contributed by atoms with Gasteiger partial charge in [-0.05, 0) is 74.3 Å². The monoisotopic (exact) mass is 482 g/mol. The second-order valence-electron chi connectivity index (χ2n) is 8.65. The van der Waals surface area contributed by atoms with Crippen molar-refractivity contribution in [1.29, 1.82) is 0 Å². The zero-order valence-electron chi connectivity index (χ0n) is 20.2. The van der Waals surface area contributed by atoms with Crippen LogP contribution in [0.25, 0.3) is 10.9 Å². The van der Waals surface area contributed by atoms with E-state index >= 15 is 0 Å². The number of rotatable bonds is 10. The van der Waals surface area contributed by atoms with Gasteiger partial charge in [0.05, 0.1) is 22.2 Å². The number of unbranched alkanes of at least 4 members (excludes halogenated alkanes) is 4. The van der Waals surface area contributed by atoms with Gasteiger partial charge in [0.2, 0.25) is 0 Å². The van der Waals surface area contributed by atoms with Crippen molar-refractivity contribution in [2.45, 2.75) is 64.7 Å². The summed E-state index contributed by atoms with van der Waals surface area (Å²) in [6.45, 7) is 11.6. The van der Waals surface area contributed by atoms with Gasteiger partial charge in [-0.1, -0.05) is 42.3 Å². The Morgan fingerprint density at radius 1 is 0.970 bits per heavy atom. The Kier molecular flexibility index (Phi) is 7.92. The van der Waals surface area contributed by atoms with E-state index < -0.39 is 9.70 Å². The zero-order chi connectivity index (χ0) is 23.4. The van der Waals surface area contributed by atoms with Gasteiger partial charge in [0.15, 0.2) is 0 Å². The van der Waals surface area contributed by atoms with E-state index in [1.807, 2.05) is 6.92 Å². The van der Waals surface area contributed by atoms with Crippen molar-refractivity contribution in [3.05, 3.63) is 52.0 Å². The molecule has 0 amide bonds. The van der Waals surface area contributed by atoms with Gasteiger partial charge in [0.1, 0.15) is 0 Å². The Hall–Kier alpha value is -2.11. The highest BCUT2D eigenvalue weighted by Crippen LogP contribution is 2.48. The number of hydrogen-bond acceptors (Lipinski definition) is 4. The first kappa shape index (κ1) is 24.0. The van der Waals surface area contributed by atoms with Gasteiger partial charge >= 0.3 is 0 Å². The summed E-state index contributed by atoms with van der Waals surface area (Å²) in [7, 11) is 6.59. The van der Waals surface area contributed by atoms with Crippen molar-refractivity contribution < 1.29 is 0 Å². The van der Waals surface area contributed by atoms with Crippen molar-refractivity contribution in [3.8, 4) is 0 Å². The molecule has 4 rings (SSSR count). The fraction of sp³-hybridized carbons (Fsp3) is 0.444. The molecule has 1 aromatic heterocycles. The minimum atomic E-state index is -0.570. The van der Waals surface area contributed by atoms with E-state index in [0.717, 1.165) is 68.8 Å². The number of aromatic nitrogens is 1. The van der Waals surface area contributed by atoms with Crippen LogP contribution in [0.4, 0.5) is 17.1 Å². The molecule has 0 radical (unpaired) electrons. The summed E-state index contributed by atoms with van der Waals surface area (Å²) in [4.78, 5) is 13.4. The lowest BCUT2D eigenvalue weighted by Gasteiger charge is -2.22. The molecule has 0 bridgehead atoms. The van der Waals surface area contributed by atoms with Crippen LogP contribution >= 0.6 is 20.4 Å². The molecule has 4 nitrogen and oxygen atoms in total. The van der Waals surface area contributed by atoms with E-state index in [0.29, 0.717) is 0 Å². The number of anilines is 2. The summed E-state index contributed by atoms with van der Waals surface area (Å²) in [5.41, 5.74) is 5.24. The first-order valence-electron chi connectivity index (χ1n) is 12.3. The van der Waals surface area contributed by atoms with Crippen LogP contribution in [-0.4, -0.2) is 24.6 Å². The summed E-state index contributed by atoms with van der Waals surface area (Å²) < 4.78 is 1.11. The molecule has 1 aliphatic rings. The van der Waals surface area contributed by atoms with E-state index in [1.165, 1.54) is 31.4 Å². The molecule has 176 valence electrons. The Morgan fingerprint density at radius 2 is 1.76 bits per heavy atom. The molecule has 0 aliphatic carbocycles. The first-order chi connectivity index (χ1) is 16.1. The van der Waals surface area contributed by atoms with Gasteiger partial charge in [-0.3, -0.25) is 4.98 Å². The standard InChI is InChI=1S/C27H35ClN4S/c1-5-8-9-10-11-16-29-23-18-25-27(21-14-12-19(4)30-26(21)23)31-22-15-13-20(32(6-2)7-3)17-24(22)33(25)28/h12-15,17-18,29H,5-11,16H2,1-4H3. The second kappa shape index (κ2) is 10.9. The van der Waals surface area contributed by atoms with Crippen LogP contribution in [0.3, 0.4) is 0 Å². The lowest BCUT2D eigenvalue weighted by molar-refractivity contribution is 0.645. The van der Waals surface area contributed by atoms with Crippen LogP contribution in [-0.2, 0) is 0 Å². The topological polar surface area (TPSA) is 40.5 Å². The second-order valence-corrected chi connectivity index (χ2v) is 11.0. The quantitative estimate of drug-likeness (QED) is 0.237. The maximum absolute atomic E-state index is 7.16. The normalized spacial score (nSPS) is 14.5. The third-order valence-corrected chi connectivity index (χ3v) is 8.75. The minimum absolute atomic E-state index is 0.570. The molecule has 3 aromatic rings. The third kappa shape index (κ3) is 5.04. The molecule has 1 aliphatic heterocycles. The van der Waals surface area contributed by atoms with Crippen molar-refractivity contribution in [2.75, 3.05) is 29.9 Å². The number of pyridine rings is 1. The Bertz CT molecular complexity index is 1270. The van der Waals surface area contributed by atoms with E-state index in [-0.39, 0.29) is 0 Å². The van der Waals surface area contributed by atoms with Crippen molar-refractivity contribution in [1.82, 2.24) is 4.98 Å². The van der Waals surface area contributed by atoms with Crippen molar-refractivity contribution >= 4 is 48.3 Å². The summed E-state index contributed by atoms with van der Waals surface area (Å²) in [5.74, 6) is 0. The van der Waals surface area contributed by atoms with Gasteiger partial charge < -0.3 is 10.2 Å². The van der Waals surface area contributed by atoms with Gasteiger partial charge in [0, 0.05) is 45.8 Å². The number of halogens is 1. The molecule has 1 N–H and O–H groups in total. The van der Waals surface area contributed by atoms with E-state index in [9.17, 15) is 0 Å². The van der Waals surface area contributed by atoms with E-state index in [4.69, 9.17) is 20.7 Å². The fourth-order valence-corrected chi connectivity index (χ4v) is 6.48. The Balaban J connectivity index is 1.78. The van der Waals surface area contributed by atoms with Crippen LogP contribution in [0.5, 0.6) is 0 Å². The van der Waals surface area contributed by atoms with Crippen molar-refractivity contribution in [2.24, 2.45) is 4.99 Å². The van der Waals surface area contributed by atoms with E-state index in [1.54, 1.807) is 0 Å². The van der Waals surface area contributed by atoms with Crippen LogP contribution in [0.1, 0.15) is 58.6 Å². The molecule has 1 atom stereocenters. The SMILES string of the molecule is CCCCCCCNc1cc2c(c3ccc(C)nc13)N=c1ccc(N(CC)CC)cc1=S2Cl. The molecule has 0 saturated heterocycles. The number of nitrogens with zero attached hydrogens (tertiary/aromatic N) is 3. The minimum Gasteiger partial charge on any atom is -0.383 e. The van der Waals surface area contributed by atoms with E-state index in [2.05, 4.69) is 67.4 Å².